The number of ether oxygens (including phenoxy) is 3. The molecule has 0 aliphatic heterocycles. The summed E-state index contributed by atoms with van der Waals surface area (Å²) in [5.74, 6) is -0.0973. The Morgan fingerprint density at radius 3 is 2.44 bits per heavy atom. The van der Waals surface area contributed by atoms with Crippen LogP contribution < -0.4 is 19.5 Å². The van der Waals surface area contributed by atoms with E-state index in [4.69, 9.17) is 19.5 Å². The summed E-state index contributed by atoms with van der Waals surface area (Å²) in [6.45, 7) is 2.02. The number of carbonyl (C=O) groups excluding carboxylic acids is 1. The van der Waals surface area contributed by atoms with Gasteiger partial charge in [0.1, 0.15) is 11.3 Å². The van der Waals surface area contributed by atoms with Gasteiger partial charge in [0.2, 0.25) is 0 Å². The van der Waals surface area contributed by atoms with Gasteiger partial charge in [0.25, 0.3) is 11.6 Å². The zero-order chi connectivity index (χ0) is 20.0. The predicted molar refractivity (Wildman–Crippen MR) is 96.5 cm³/mol. The van der Waals surface area contributed by atoms with Gasteiger partial charge in [-0.3, -0.25) is 14.9 Å². The Bertz CT molecular complexity index is 920. The zero-order valence-corrected chi connectivity index (χ0v) is 14.9. The van der Waals surface area contributed by atoms with Crippen molar-refractivity contribution >= 4 is 17.3 Å². The van der Waals surface area contributed by atoms with E-state index in [-0.39, 0.29) is 29.4 Å². The molecule has 0 aromatic heterocycles. The third-order valence-corrected chi connectivity index (χ3v) is 3.60. The third kappa shape index (κ3) is 4.24. The number of amides is 1. The van der Waals surface area contributed by atoms with Crippen LogP contribution in [0.2, 0.25) is 0 Å². The van der Waals surface area contributed by atoms with E-state index < -0.39 is 16.5 Å². The van der Waals surface area contributed by atoms with E-state index >= 15 is 0 Å². The van der Waals surface area contributed by atoms with Crippen molar-refractivity contribution in [2.24, 2.45) is 0 Å². The highest BCUT2D eigenvalue weighted by atomic mass is 16.6. The molecule has 0 bridgehead atoms. The number of hydrogen-bond donors (Lipinski definition) is 1. The number of nitrogens with zero attached hydrogens (tertiary/aromatic N) is 2. The highest BCUT2D eigenvalue weighted by molar-refractivity contribution is 6.08. The standard InChI is InChI=1S/C18H17N3O6/c1-4-27-17-8-12(14(21(23)24)9-16(17)26-3)18(22)20-13-7-11(10-19)5-6-15(13)25-2/h5-9H,4H2,1-3H3,(H,20,22). The molecule has 0 radical (unpaired) electrons. The van der Waals surface area contributed by atoms with Crippen LogP contribution in [-0.4, -0.2) is 31.7 Å². The molecule has 2 rings (SSSR count). The Morgan fingerprint density at radius 2 is 1.89 bits per heavy atom. The van der Waals surface area contributed by atoms with Crippen molar-refractivity contribution in [1.82, 2.24) is 0 Å². The summed E-state index contributed by atoms with van der Waals surface area (Å²) in [4.78, 5) is 23.4. The first kappa shape index (κ1) is 19.5. The van der Waals surface area contributed by atoms with Gasteiger partial charge in [-0.1, -0.05) is 0 Å². The summed E-state index contributed by atoms with van der Waals surface area (Å²) >= 11 is 0. The fourth-order valence-corrected chi connectivity index (χ4v) is 2.37. The molecule has 0 saturated heterocycles. The Labute approximate surface area is 155 Å². The van der Waals surface area contributed by atoms with E-state index in [1.165, 1.54) is 38.5 Å². The molecule has 1 amide bonds. The largest absolute Gasteiger partial charge is 0.495 e. The molecule has 0 spiro atoms. The van der Waals surface area contributed by atoms with Crippen LogP contribution in [0, 0.1) is 21.4 Å². The Kier molecular flexibility index (Phi) is 6.17. The third-order valence-electron chi connectivity index (χ3n) is 3.60. The van der Waals surface area contributed by atoms with Crippen molar-refractivity contribution in [2.45, 2.75) is 6.92 Å². The molecule has 9 heteroatoms. The molecule has 2 aromatic rings. The fourth-order valence-electron chi connectivity index (χ4n) is 2.37. The fraction of sp³-hybridized carbons (Fsp3) is 0.222. The normalized spacial score (nSPS) is 9.85. The van der Waals surface area contributed by atoms with Gasteiger partial charge in [-0.05, 0) is 25.1 Å². The first-order valence-electron chi connectivity index (χ1n) is 7.83. The van der Waals surface area contributed by atoms with Gasteiger partial charge in [-0.25, -0.2) is 0 Å². The maximum Gasteiger partial charge on any atom is 0.286 e. The summed E-state index contributed by atoms with van der Waals surface area (Å²) in [7, 11) is 2.75. The molecule has 9 nitrogen and oxygen atoms in total. The van der Waals surface area contributed by atoms with Gasteiger partial charge in [0, 0.05) is 6.07 Å². The molecular formula is C18H17N3O6. The number of nitro groups is 1. The van der Waals surface area contributed by atoms with Crippen molar-refractivity contribution in [3.05, 3.63) is 51.6 Å². The maximum atomic E-state index is 12.7. The Balaban J connectivity index is 2.51. The number of nitro benzene ring substituents is 1. The zero-order valence-electron chi connectivity index (χ0n) is 14.9. The SMILES string of the molecule is CCOc1cc(C(=O)Nc2cc(C#N)ccc2OC)c([N+](=O)[O-])cc1OC. The molecule has 140 valence electrons. The second-order valence-corrected chi connectivity index (χ2v) is 5.19. The summed E-state index contributed by atoms with van der Waals surface area (Å²) in [5, 5.41) is 23.0. The van der Waals surface area contributed by atoms with E-state index in [2.05, 4.69) is 5.32 Å². The van der Waals surface area contributed by atoms with Crippen LogP contribution in [0.3, 0.4) is 0 Å². The van der Waals surface area contributed by atoms with E-state index in [1.807, 2.05) is 6.07 Å². The van der Waals surface area contributed by atoms with E-state index in [0.29, 0.717) is 11.3 Å². The number of nitriles is 1. The van der Waals surface area contributed by atoms with E-state index in [0.717, 1.165) is 6.07 Å². The monoisotopic (exact) mass is 371 g/mol. The molecule has 27 heavy (non-hydrogen) atoms. The van der Waals surface area contributed by atoms with Crippen LogP contribution >= 0.6 is 0 Å². The molecule has 2 aromatic carbocycles. The van der Waals surface area contributed by atoms with E-state index in [1.54, 1.807) is 6.92 Å². The lowest BCUT2D eigenvalue weighted by molar-refractivity contribution is -0.385. The first-order valence-corrected chi connectivity index (χ1v) is 7.83. The van der Waals surface area contributed by atoms with Crippen molar-refractivity contribution in [3.63, 3.8) is 0 Å². The topological polar surface area (TPSA) is 124 Å². The molecule has 1 N–H and O–H groups in total. The number of benzene rings is 2. The molecule has 0 aliphatic rings. The Morgan fingerprint density at radius 1 is 1.19 bits per heavy atom. The number of rotatable bonds is 7. The minimum Gasteiger partial charge on any atom is -0.495 e. The molecule has 0 unspecified atom stereocenters. The van der Waals surface area contributed by atoms with Gasteiger partial charge < -0.3 is 19.5 Å². The summed E-state index contributed by atoms with van der Waals surface area (Å²) in [5.41, 5.74) is -0.146. The summed E-state index contributed by atoms with van der Waals surface area (Å²) in [6, 6.07) is 8.78. The van der Waals surface area contributed by atoms with Crippen LogP contribution in [-0.2, 0) is 0 Å². The average molecular weight is 371 g/mol. The first-order chi connectivity index (χ1) is 12.9. The molecule has 0 saturated carbocycles. The highest BCUT2D eigenvalue weighted by Gasteiger charge is 2.25. The van der Waals surface area contributed by atoms with Crippen molar-refractivity contribution in [3.8, 4) is 23.3 Å². The summed E-state index contributed by atoms with van der Waals surface area (Å²) in [6.07, 6.45) is 0. The maximum absolute atomic E-state index is 12.7. The number of carbonyl (C=O) groups is 1. The molecule has 0 atom stereocenters. The lowest BCUT2D eigenvalue weighted by atomic mass is 10.1. The second-order valence-electron chi connectivity index (χ2n) is 5.19. The van der Waals surface area contributed by atoms with Crippen LogP contribution in [0.15, 0.2) is 30.3 Å². The number of methoxy groups -OCH3 is 2. The molecular weight excluding hydrogens is 354 g/mol. The minimum absolute atomic E-state index is 0.143. The highest BCUT2D eigenvalue weighted by Crippen LogP contribution is 2.35. The van der Waals surface area contributed by atoms with Gasteiger partial charge >= 0.3 is 0 Å². The number of hydrogen-bond acceptors (Lipinski definition) is 7. The molecule has 0 aliphatic carbocycles. The molecule has 0 heterocycles. The lowest BCUT2D eigenvalue weighted by Crippen LogP contribution is -2.15. The predicted octanol–water partition coefficient (Wildman–Crippen LogP) is 3.13. The van der Waals surface area contributed by atoms with Crippen LogP contribution in [0.4, 0.5) is 11.4 Å². The van der Waals surface area contributed by atoms with Gasteiger partial charge in [0.15, 0.2) is 11.5 Å². The lowest BCUT2D eigenvalue weighted by Gasteiger charge is -2.13. The van der Waals surface area contributed by atoms with Crippen molar-refractivity contribution < 1.29 is 23.9 Å². The van der Waals surface area contributed by atoms with Crippen LogP contribution in [0.25, 0.3) is 0 Å². The smallest absolute Gasteiger partial charge is 0.286 e. The van der Waals surface area contributed by atoms with Gasteiger partial charge in [-0.15, -0.1) is 0 Å². The van der Waals surface area contributed by atoms with Gasteiger partial charge in [0.05, 0.1) is 49.1 Å². The number of anilines is 1. The minimum atomic E-state index is -0.751. The van der Waals surface area contributed by atoms with Crippen molar-refractivity contribution in [1.29, 1.82) is 5.26 Å². The van der Waals surface area contributed by atoms with Crippen molar-refractivity contribution in [2.75, 3.05) is 26.1 Å². The number of nitrogens with one attached hydrogen (secondary N) is 1. The van der Waals surface area contributed by atoms with E-state index in [9.17, 15) is 14.9 Å². The second kappa shape index (κ2) is 8.53. The van der Waals surface area contributed by atoms with Crippen LogP contribution in [0.1, 0.15) is 22.8 Å². The average Bonchev–Trinajstić information content (AvgIpc) is 2.67. The summed E-state index contributed by atoms with van der Waals surface area (Å²) < 4.78 is 15.6. The van der Waals surface area contributed by atoms with Gasteiger partial charge in [-0.2, -0.15) is 5.26 Å². The Hall–Kier alpha value is -3.80. The van der Waals surface area contributed by atoms with Crippen LogP contribution in [0.5, 0.6) is 17.2 Å². The molecule has 0 fully saturated rings. The quantitative estimate of drug-likeness (QED) is 0.585.